The maximum atomic E-state index is 6.05. The van der Waals surface area contributed by atoms with Gasteiger partial charge in [-0.2, -0.15) is 0 Å². The molecular weight excluding hydrogens is 274 g/mol. The molecule has 1 aliphatic rings. The Hall–Kier alpha value is -1.26. The van der Waals surface area contributed by atoms with E-state index in [0.717, 1.165) is 41.7 Å². The van der Waals surface area contributed by atoms with E-state index in [-0.39, 0.29) is 0 Å². The summed E-state index contributed by atoms with van der Waals surface area (Å²) in [6.07, 6.45) is 2.66. The second-order valence-electron chi connectivity index (χ2n) is 5.35. The van der Waals surface area contributed by atoms with Crippen molar-refractivity contribution in [2.75, 3.05) is 20.7 Å². The molecule has 3 rings (SSSR count). The first-order valence-corrected chi connectivity index (χ1v) is 7.56. The number of imidazole rings is 1. The zero-order valence-electron chi connectivity index (χ0n) is 12.0. The summed E-state index contributed by atoms with van der Waals surface area (Å²) >= 11 is 6.05. The van der Waals surface area contributed by atoms with Crippen molar-refractivity contribution in [1.29, 1.82) is 0 Å². The van der Waals surface area contributed by atoms with Crippen molar-refractivity contribution < 1.29 is 4.74 Å². The largest absolute Gasteiger partial charge is 0.494 e. The van der Waals surface area contributed by atoms with Crippen LogP contribution < -0.4 is 4.74 Å². The Bertz CT molecular complexity index is 606. The molecule has 1 saturated carbocycles. The predicted molar refractivity (Wildman–Crippen MR) is 81.5 cm³/mol. The SMILES string of the molecule is COc1cccc2c1nc(CCl)n2CCN(C)C1CC1. The van der Waals surface area contributed by atoms with Crippen LogP contribution in [0, 0.1) is 0 Å². The molecular formula is C15H20ClN3O. The first kappa shape index (κ1) is 13.7. The number of fused-ring (bicyclic) bond motifs is 1. The number of nitrogens with zero attached hydrogens (tertiary/aromatic N) is 3. The minimum Gasteiger partial charge on any atom is -0.494 e. The van der Waals surface area contributed by atoms with Gasteiger partial charge in [0.2, 0.25) is 0 Å². The molecule has 0 spiro atoms. The van der Waals surface area contributed by atoms with Crippen LogP contribution in [0.3, 0.4) is 0 Å². The lowest BCUT2D eigenvalue weighted by atomic mass is 10.3. The minimum absolute atomic E-state index is 0.422. The normalized spacial score (nSPS) is 15.2. The predicted octanol–water partition coefficient (Wildman–Crippen LogP) is 2.88. The Kier molecular flexibility index (Phi) is 3.85. The third-order valence-corrected chi connectivity index (χ3v) is 4.25. The highest BCUT2D eigenvalue weighted by atomic mass is 35.5. The van der Waals surface area contributed by atoms with Gasteiger partial charge in [-0.05, 0) is 32.0 Å². The first-order valence-electron chi connectivity index (χ1n) is 7.03. The van der Waals surface area contributed by atoms with Crippen LogP contribution in [0.25, 0.3) is 11.0 Å². The summed E-state index contributed by atoms with van der Waals surface area (Å²) in [6.45, 7) is 1.94. The first-order chi connectivity index (χ1) is 9.74. The molecule has 1 fully saturated rings. The van der Waals surface area contributed by atoms with Crippen molar-refractivity contribution in [3.63, 3.8) is 0 Å². The van der Waals surface area contributed by atoms with Crippen molar-refractivity contribution in [2.45, 2.75) is 31.3 Å². The topological polar surface area (TPSA) is 30.3 Å². The Balaban J connectivity index is 1.91. The van der Waals surface area contributed by atoms with E-state index < -0.39 is 0 Å². The van der Waals surface area contributed by atoms with Crippen LogP contribution >= 0.6 is 11.6 Å². The number of halogens is 1. The van der Waals surface area contributed by atoms with Gasteiger partial charge in [-0.1, -0.05) is 6.07 Å². The van der Waals surface area contributed by atoms with E-state index in [1.807, 2.05) is 12.1 Å². The highest BCUT2D eigenvalue weighted by molar-refractivity contribution is 6.16. The summed E-state index contributed by atoms with van der Waals surface area (Å²) in [5.41, 5.74) is 2.00. The number of aromatic nitrogens is 2. The summed E-state index contributed by atoms with van der Waals surface area (Å²) < 4.78 is 7.60. The molecule has 1 aromatic heterocycles. The molecule has 1 aliphatic carbocycles. The molecule has 0 amide bonds. The van der Waals surface area contributed by atoms with E-state index >= 15 is 0 Å². The van der Waals surface area contributed by atoms with Gasteiger partial charge in [0.25, 0.3) is 0 Å². The van der Waals surface area contributed by atoms with E-state index in [0.29, 0.717) is 5.88 Å². The van der Waals surface area contributed by atoms with Crippen LogP contribution in [-0.4, -0.2) is 41.2 Å². The number of benzene rings is 1. The summed E-state index contributed by atoms with van der Waals surface area (Å²) in [7, 11) is 3.87. The molecule has 0 saturated heterocycles. The van der Waals surface area contributed by atoms with E-state index in [9.17, 15) is 0 Å². The van der Waals surface area contributed by atoms with Crippen LogP contribution in [0.5, 0.6) is 5.75 Å². The molecule has 0 atom stereocenters. The van der Waals surface area contributed by atoms with Gasteiger partial charge in [-0.25, -0.2) is 4.98 Å². The zero-order valence-corrected chi connectivity index (χ0v) is 12.7. The van der Waals surface area contributed by atoms with E-state index in [1.54, 1.807) is 7.11 Å². The fraction of sp³-hybridized carbons (Fsp3) is 0.533. The molecule has 0 bridgehead atoms. The van der Waals surface area contributed by atoms with Gasteiger partial charge in [0, 0.05) is 19.1 Å². The second kappa shape index (κ2) is 5.62. The lowest BCUT2D eigenvalue weighted by Gasteiger charge is -2.17. The van der Waals surface area contributed by atoms with Crippen LogP contribution in [0.1, 0.15) is 18.7 Å². The van der Waals surface area contributed by atoms with Crippen LogP contribution in [-0.2, 0) is 12.4 Å². The molecule has 1 heterocycles. The van der Waals surface area contributed by atoms with E-state index in [2.05, 4.69) is 27.6 Å². The standard InChI is InChI=1S/C15H20ClN3O/c1-18(11-6-7-11)8-9-19-12-4-3-5-13(20-2)15(12)17-14(19)10-16/h3-5,11H,6-10H2,1-2H3. The highest BCUT2D eigenvalue weighted by Crippen LogP contribution is 2.28. The third kappa shape index (κ3) is 2.50. The minimum atomic E-state index is 0.422. The number of hydrogen-bond donors (Lipinski definition) is 0. The number of rotatable bonds is 6. The fourth-order valence-electron chi connectivity index (χ4n) is 2.64. The molecule has 0 radical (unpaired) electrons. The Morgan fingerprint density at radius 3 is 2.90 bits per heavy atom. The van der Waals surface area contributed by atoms with Crippen molar-refractivity contribution in [1.82, 2.24) is 14.5 Å². The summed E-state index contributed by atoms with van der Waals surface area (Å²) in [6, 6.07) is 6.80. The maximum Gasteiger partial charge on any atom is 0.146 e. The Morgan fingerprint density at radius 2 is 2.25 bits per heavy atom. The van der Waals surface area contributed by atoms with Gasteiger partial charge in [-0.15, -0.1) is 11.6 Å². The lowest BCUT2D eigenvalue weighted by Crippen LogP contribution is -2.25. The van der Waals surface area contributed by atoms with Crippen molar-refractivity contribution >= 4 is 22.6 Å². The molecule has 108 valence electrons. The number of alkyl halides is 1. The number of methoxy groups -OCH3 is 1. The van der Waals surface area contributed by atoms with Gasteiger partial charge in [0.1, 0.15) is 17.1 Å². The molecule has 20 heavy (non-hydrogen) atoms. The molecule has 1 aromatic carbocycles. The van der Waals surface area contributed by atoms with Crippen LogP contribution in [0.4, 0.5) is 0 Å². The molecule has 4 nitrogen and oxygen atoms in total. The van der Waals surface area contributed by atoms with Gasteiger partial charge in [0.05, 0.1) is 18.5 Å². The van der Waals surface area contributed by atoms with Crippen LogP contribution in [0.15, 0.2) is 18.2 Å². The van der Waals surface area contributed by atoms with Gasteiger partial charge in [0.15, 0.2) is 0 Å². The fourth-order valence-corrected chi connectivity index (χ4v) is 2.85. The maximum absolute atomic E-state index is 6.05. The van der Waals surface area contributed by atoms with Crippen molar-refractivity contribution in [3.8, 4) is 5.75 Å². The molecule has 0 N–H and O–H groups in total. The third-order valence-electron chi connectivity index (χ3n) is 4.01. The smallest absolute Gasteiger partial charge is 0.146 e. The molecule has 2 aromatic rings. The molecule has 0 unspecified atom stereocenters. The van der Waals surface area contributed by atoms with E-state index in [1.165, 1.54) is 12.8 Å². The summed E-state index contributed by atoms with van der Waals surface area (Å²) in [5.74, 6) is 2.14. The van der Waals surface area contributed by atoms with Gasteiger partial charge in [-0.3, -0.25) is 0 Å². The second-order valence-corrected chi connectivity index (χ2v) is 5.62. The van der Waals surface area contributed by atoms with Crippen molar-refractivity contribution in [2.24, 2.45) is 0 Å². The molecule has 5 heteroatoms. The van der Waals surface area contributed by atoms with Crippen molar-refractivity contribution in [3.05, 3.63) is 24.0 Å². The number of para-hydroxylation sites is 1. The van der Waals surface area contributed by atoms with Gasteiger partial charge < -0.3 is 14.2 Å². The number of likely N-dealkylation sites (N-methyl/N-ethyl adjacent to an activating group) is 1. The number of hydrogen-bond acceptors (Lipinski definition) is 3. The number of ether oxygens (including phenoxy) is 1. The Morgan fingerprint density at radius 1 is 1.45 bits per heavy atom. The monoisotopic (exact) mass is 293 g/mol. The lowest BCUT2D eigenvalue weighted by molar-refractivity contribution is 0.309. The van der Waals surface area contributed by atoms with Crippen LogP contribution in [0.2, 0.25) is 0 Å². The van der Waals surface area contributed by atoms with E-state index in [4.69, 9.17) is 16.3 Å². The molecule has 0 aliphatic heterocycles. The summed E-state index contributed by atoms with van der Waals surface area (Å²) in [5, 5.41) is 0. The quantitative estimate of drug-likeness (QED) is 0.767. The average Bonchev–Trinajstić information content (AvgIpc) is 3.26. The highest BCUT2D eigenvalue weighted by Gasteiger charge is 2.26. The summed E-state index contributed by atoms with van der Waals surface area (Å²) in [4.78, 5) is 7.05. The average molecular weight is 294 g/mol. The Labute approximate surface area is 124 Å². The zero-order chi connectivity index (χ0) is 14.1. The van der Waals surface area contributed by atoms with Gasteiger partial charge >= 0.3 is 0 Å².